The zero-order chi connectivity index (χ0) is 50.4. The van der Waals surface area contributed by atoms with Gasteiger partial charge in [0.15, 0.2) is 0 Å². The van der Waals surface area contributed by atoms with Crippen molar-refractivity contribution in [3.05, 3.63) is 170 Å². The van der Waals surface area contributed by atoms with Gasteiger partial charge >= 0.3 is 0 Å². The molecule has 0 radical (unpaired) electrons. The minimum absolute atomic E-state index is 0. The van der Waals surface area contributed by atoms with Gasteiger partial charge in [0.25, 0.3) is 0 Å². The van der Waals surface area contributed by atoms with Crippen molar-refractivity contribution in [2.24, 2.45) is 0 Å². The van der Waals surface area contributed by atoms with E-state index in [0.717, 1.165) is 39.1 Å². The Kier molecular flexibility index (Phi) is 61.6. The Hall–Kier alpha value is -5.23. The molecule has 0 fully saturated rings. The Morgan fingerprint density at radius 3 is 1.07 bits per heavy atom. The van der Waals surface area contributed by atoms with E-state index in [1.54, 1.807) is 7.11 Å². The maximum absolute atomic E-state index is 5.55. The van der Waals surface area contributed by atoms with Crippen LogP contribution in [0.25, 0.3) is 32.7 Å². The number of nitrogens with zero attached hydrogens (tertiary/aromatic N) is 1. The van der Waals surface area contributed by atoms with Gasteiger partial charge in [-0.05, 0) is 77.4 Å². The number of para-hydroxylation sites is 2. The quantitative estimate of drug-likeness (QED) is 0.156. The number of ether oxygens (including phenoxy) is 1. The van der Waals surface area contributed by atoms with Crippen molar-refractivity contribution < 1.29 is 4.74 Å². The number of methoxy groups -OCH3 is 1. The second-order valence-corrected chi connectivity index (χ2v) is 11.7. The van der Waals surface area contributed by atoms with Gasteiger partial charge in [-0.1, -0.05) is 263 Å². The lowest BCUT2D eigenvalue weighted by molar-refractivity contribution is 0.415. The van der Waals surface area contributed by atoms with Crippen LogP contribution in [-0.4, -0.2) is 7.11 Å². The van der Waals surface area contributed by atoms with Crippen LogP contribution >= 0.6 is 24.8 Å². The van der Waals surface area contributed by atoms with E-state index in [1.165, 1.54) is 27.1 Å². The molecule has 3 nitrogen and oxygen atoms in total. The van der Waals surface area contributed by atoms with Crippen LogP contribution in [-0.2, 0) is 0 Å². The molecule has 0 amide bonds. The Balaban J connectivity index is -0.000000289. The van der Waals surface area contributed by atoms with Crippen molar-refractivity contribution in [3.63, 3.8) is 0 Å². The van der Waals surface area contributed by atoms with Crippen molar-refractivity contribution in [2.45, 2.75) is 153 Å². The Labute approximate surface area is 433 Å². The van der Waals surface area contributed by atoms with Crippen LogP contribution in [0.1, 0.15) is 153 Å². The molecular formula is C63H102N2OS2. The highest BCUT2D eigenvalue weighted by atomic mass is 32.1. The summed E-state index contributed by atoms with van der Waals surface area (Å²) in [7, 11) is 1.71. The van der Waals surface area contributed by atoms with E-state index in [1.807, 2.05) is 180 Å². The second kappa shape index (κ2) is 54.4. The molecule has 0 saturated carbocycles. The lowest BCUT2D eigenvalue weighted by Gasteiger charge is -2.26. The summed E-state index contributed by atoms with van der Waals surface area (Å²) >= 11 is 1.82. The molecule has 6 aromatic carbocycles. The standard InChI is InChI=1S/C41H32N2OS.10C2H6.2CH4.H2S/c1-44-37-28-22-31(23-29-37)39-38(30-14-6-2-7-15-30)40(32-16-8-3-9-17-32)45-41(39)43(35-20-12-5-13-21-35)36-26-24-34(25-27-36)42-33-18-10-4-11-19-33;10*1-2;;;/h2-29,42H,1H3;10*1-2H3;2*1H4;1H2. The van der Waals surface area contributed by atoms with Gasteiger partial charge in [-0.2, -0.15) is 13.5 Å². The number of anilines is 5. The first kappa shape index (κ1) is 77.0. The van der Waals surface area contributed by atoms with Crippen LogP contribution < -0.4 is 15.0 Å². The summed E-state index contributed by atoms with van der Waals surface area (Å²) in [5.41, 5.74) is 10.2. The Bertz CT molecular complexity index is 1980. The van der Waals surface area contributed by atoms with Gasteiger partial charge in [0, 0.05) is 38.8 Å². The topological polar surface area (TPSA) is 24.5 Å². The van der Waals surface area contributed by atoms with Crippen LogP contribution in [0.3, 0.4) is 0 Å². The molecule has 1 aromatic heterocycles. The molecule has 1 heterocycles. The SMILES string of the molecule is C.C.CC.CC.CC.CC.CC.CC.CC.CC.CC.CC.COc1ccc(-c2c(N(c3ccccc3)c3ccc(Nc4ccccc4)cc3)sc(-c3ccccc3)c2-c2ccccc2)cc1.S. The van der Waals surface area contributed by atoms with Gasteiger partial charge in [-0.15, -0.1) is 11.3 Å². The summed E-state index contributed by atoms with van der Waals surface area (Å²) in [4.78, 5) is 3.61. The zero-order valence-corrected chi connectivity index (χ0v) is 47.2. The van der Waals surface area contributed by atoms with Crippen LogP contribution in [0.15, 0.2) is 170 Å². The van der Waals surface area contributed by atoms with E-state index < -0.39 is 0 Å². The summed E-state index contributed by atoms with van der Waals surface area (Å²) < 4.78 is 5.55. The largest absolute Gasteiger partial charge is 0.497 e. The maximum atomic E-state index is 5.55. The molecule has 0 atom stereocenters. The van der Waals surface area contributed by atoms with Crippen molar-refractivity contribution in [3.8, 4) is 38.4 Å². The normalized spacial score (nSPS) is 8.01. The van der Waals surface area contributed by atoms with Crippen molar-refractivity contribution in [1.82, 2.24) is 0 Å². The predicted octanol–water partition coefficient (Wildman–Crippen LogP) is 23.6. The third-order valence-corrected chi connectivity index (χ3v) is 9.00. The number of nitrogens with one attached hydrogen (secondary N) is 1. The molecule has 0 aliphatic heterocycles. The Morgan fingerprint density at radius 1 is 0.353 bits per heavy atom. The second-order valence-electron chi connectivity index (χ2n) is 10.7. The fourth-order valence-corrected chi connectivity index (χ4v) is 7.01. The van der Waals surface area contributed by atoms with Crippen molar-refractivity contribution in [2.75, 3.05) is 17.3 Å². The highest BCUT2D eigenvalue weighted by Gasteiger charge is 2.27. The number of benzene rings is 6. The minimum atomic E-state index is 0. The molecule has 1 N–H and O–H groups in total. The molecule has 0 aliphatic rings. The molecule has 382 valence electrons. The molecule has 0 aliphatic carbocycles. The summed E-state index contributed by atoms with van der Waals surface area (Å²) in [6.45, 7) is 40.0. The number of thiophene rings is 1. The van der Waals surface area contributed by atoms with Crippen LogP contribution in [0.2, 0.25) is 0 Å². The van der Waals surface area contributed by atoms with E-state index in [-0.39, 0.29) is 28.3 Å². The molecular weight excluding hydrogens is 865 g/mol. The lowest BCUT2D eigenvalue weighted by Crippen LogP contribution is -2.09. The van der Waals surface area contributed by atoms with Gasteiger partial charge in [0.05, 0.1) is 7.11 Å². The minimum Gasteiger partial charge on any atom is -0.497 e. The van der Waals surface area contributed by atoms with E-state index in [9.17, 15) is 0 Å². The molecule has 0 unspecified atom stereocenters. The molecule has 0 saturated heterocycles. The first-order chi connectivity index (χ1) is 32.3. The zero-order valence-electron chi connectivity index (χ0n) is 45.4. The molecule has 0 spiro atoms. The third-order valence-electron chi connectivity index (χ3n) is 7.77. The average Bonchev–Trinajstić information content (AvgIpc) is 3.84. The Morgan fingerprint density at radius 2 is 0.676 bits per heavy atom. The predicted molar refractivity (Wildman–Crippen MR) is 329 cm³/mol. The first-order valence-corrected chi connectivity index (χ1v) is 25.8. The van der Waals surface area contributed by atoms with E-state index in [2.05, 4.69) is 150 Å². The van der Waals surface area contributed by atoms with Crippen LogP contribution in [0.4, 0.5) is 27.8 Å². The first-order valence-electron chi connectivity index (χ1n) is 25.0. The molecule has 7 rings (SSSR count). The third kappa shape index (κ3) is 25.2. The smallest absolute Gasteiger partial charge is 0.118 e. The van der Waals surface area contributed by atoms with Crippen LogP contribution in [0.5, 0.6) is 5.75 Å². The summed E-state index contributed by atoms with van der Waals surface area (Å²) in [5.74, 6) is 0.835. The average molecular weight is 968 g/mol. The van der Waals surface area contributed by atoms with Gasteiger partial charge in [-0.3, -0.25) is 0 Å². The van der Waals surface area contributed by atoms with E-state index >= 15 is 0 Å². The summed E-state index contributed by atoms with van der Waals surface area (Å²) in [5, 5.41) is 4.67. The number of rotatable bonds is 9. The number of hydrogen-bond acceptors (Lipinski definition) is 4. The highest BCUT2D eigenvalue weighted by molar-refractivity contribution is 7.59. The lowest BCUT2D eigenvalue weighted by atomic mass is 9.93. The van der Waals surface area contributed by atoms with Gasteiger partial charge in [0.1, 0.15) is 10.8 Å². The fraction of sp³-hybridized carbons (Fsp3) is 0.365. The van der Waals surface area contributed by atoms with Crippen molar-refractivity contribution in [1.29, 1.82) is 0 Å². The monoisotopic (exact) mass is 967 g/mol. The molecule has 0 bridgehead atoms. The van der Waals surface area contributed by atoms with Crippen molar-refractivity contribution >= 4 is 52.6 Å². The van der Waals surface area contributed by atoms with E-state index in [0.29, 0.717) is 0 Å². The molecule has 7 aromatic rings. The van der Waals surface area contributed by atoms with Crippen LogP contribution in [0, 0.1) is 0 Å². The fourth-order valence-electron chi connectivity index (χ4n) is 5.62. The summed E-state index contributed by atoms with van der Waals surface area (Å²) in [6, 6.07) is 59.5. The number of hydrogen-bond donors (Lipinski definition) is 1. The van der Waals surface area contributed by atoms with E-state index in [4.69, 9.17) is 4.74 Å². The maximum Gasteiger partial charge on any atom is 0.118 e. The molecule has 5 heteroatoms. The van der Waals surface area contributed by atoms with Gasteiger partial charge < -0.3 is 15.0 Å². The summed E-state index contributed by atoms with van der Waals surface area (Å²) in [6.07, 6.45) is 0. The van der Waals surface area contributed by atoms with Gasteiger partial charge in [-0.25, -0.2) is 0 Å². The van der Waals surface area contributed by atoms with Gasteiger partial charge in [0.2, 0.25) is 0 Å². The molecule has 68 heavy (non-hydrogen) atoms. The highest BCUT2D eigenvalue weighted by Crippen LogP contribution is 2.55.